The van der Waals surface area contributed by atoms with E-state index in [-0.39, 0.29) is 10.9 Å². The van der Waals surface area contributed by atoms with Crippen molar-refractivity contribution >= 4 is 22.5 Å². The largest absolute Gasteiger partial charge is 0.573 e. The molecule has 2 aromatic heterocycles. The summed E-state index contributed by atoms with van der Waals surface area (Å²) in [5.74, 6) is 0.0715. The smallest absolute Gasteiger partial charge is 0.406 e. The second-order valence-electron chi connectivity index (χ2n) is 6.81. The van der Waals surface area contributed by atoms with Gasteiger partial charge in [-0.05, 0) is 61.2 Å². The maximum Gasteiger partial charge on any atom is 0.573 e. The fourth-order valence-electron chi connectivity index (χ4n) is 3.70. The molecule has 0 saturated carbocycles. The van der Waals surface area contributed by atoms with Crippen molar-refractivity contribution < 1.29 is 22.4 Å². The zero-order valence-corrected chi connectivity index (χ0v) is 15.6. The van der Waals surface area contributed by atoms with Gasteiger partial charge in [0.2, 0.25) is 5.82 Å². The highest BCUT2D eigenvalue weighted by atomic mass is 35.5. The van der Waals surface area contributed by atoms with E-state index in [2.05, 4.69) is 19.9 Å². The lowest BCUT2D eigenvalue weighted by atomic mass is 10.1. The highest BCUT2D eigenvalue weighted by molar-refractivity contribution is 6.33. The van der Waals surface area contributed by atoms with E-state index < -0.39 is 12.1 Å². The van der Waals surface area contributed by atoms with Crippen LogP contribution in [-0.2, 0) is 12.8 Å². The minimum atomic E-state index is -4.79. The standard InChI is InChI=1S/C20H13ClF3N3O2/c21-15-9-11(28-20(22,23)24)5-6-13(15)19-26-18(27-29-19)10-4-7-17-14(8-10)12-2-1-3-16(12)25-17/h4-9,25H,1-3H2. The Bertz CT molecular complexity index is 1230. The number of nitrogens with one attached hydrogen (secondary N) is 1. The van der Waals surface area contributed by atoms with Gasteiger partial charge in [0.1, 0.15) is 5.75 Å². The molecule has 5 nitrogen and oxygen atoms in total. The Morgan fingerprint density at radius 1 is 1.10 bits per heavy atom. The second-order valence-corrected chi connectivity index (χ2v) is 7.22. The first-order chi connectivity index (χ1) is 13.9. The van der Waals surface area contributed by atoms with Crippen molar-refractivity contribution in [2.75, 3.05) is 0 Å². The number of hydrogen-bond donors (Lipinski definition) is 1. The fourth-order valence-corrected chi connectivity index (χ4v) is 3.95. The predicted molar refractivity (Wildman–Crippen MR) is 101 cm³/mol. The molecule has 1 aliphatic carbocycles. The number of benzene rings is 2. The molecule has 1 N–H and O–H groups in total. The first kappa shape index (κ1) is 18.1. The van der Waals surface area contributed by atoms with E-state index in [4.69, 9.17) is 16.1 Å². The molecule has 0 saturated heterocycles. The van der Waals surface area contributed by atoms with Gasteiger partial charge < -0.3 is 14.2 Å². The molecule has 29 heavy (non-hydrogen) atoms. The summed E-state index contributed by atoms with van der Waals surface area (Å²) >= 11 is 6.10. The van der Waals surface area contributed by atoms with Gasteiger partial charge in [0.05, 0.1) is 10.6 Å². The quantitative estimate of drug-likeness (QED) is 0.447. The lowest BCUT2D eigenvalue weighted by Gasteiger charge is -2.09. The maximum atomic E-state index is 12.3. The first-order valence-electron chi connectivity index (χ1n) is 8.90. The molecule has 0 amide bonds. The monoisotopic (exact) mass is 419 g/mol. The van der Waals surface area contributed by atoms with Crippen LogP contribution in [0.3, 0.4) is 0 Å². The van der Waals surface area contributed by atoms with Gasteiger partial charge >= 0.3 is 6.36 Å². The van der Waals surface area contributed by atoms with Gasteiger partial charge in [-0.1, -0.05) is 16.8 Å². The lowest BCUT2D eigenvalue weighted by Crippen LogP contribution is -2.17. The van der Waals surface area contributed by atoms with E-state index in [1.165, 1.54) is 17.3 Å². The molecule has 2 heterocycles. The minimum Gasteiger partial charge on any atom is -0.406 e. The van der Waals surface area contributed by atoms with Crippen LogP contribution in [0.4, 0.5) is 13.2 Å². The Morgan fingerprint density at radius 2 is 1.97 bits per heavy atom. The molecule has 0 fully saturated rings. The summed E-state index contributed by atoms with van der Waals surface area (Å²) < 4.78 is 46.2. The van der Waals surface area contributed by atoms with Crippen molar-refractivity contribution in [3.05, 3.63) is 52.7 Å². The van der Waals surface area contributed by atoms with Crippen LogP contribution in [0.2, 0.25) is 5.02 Å². The van der Waals surface area contributed by atoms with Crippen LogP contribution in [0.15, 0.2) is 40.9 Å². The van der Waals surface area contributed by atoms with Crippen LogP contribution in [0.25, 0.3) is 33.7 Å². The number of ether oxygens (including phenoxy) is 1. The molecule has 2 aromatic carbocycles. The summed E-state index contributed by atoms with van der Waals surface area (Å²) in [4.78, 5) is 7.81. The molecule has 0 spiro atoms. The molecule has 0 radical (unpaired) electrons. The molecule has 0 atom stereocenters. The van der Waals surface area contributed by atoms with Crippen molar-refractivity contribution in [2.45, 2.75) is 25.6 Å². The molecular formula is C20H13ClF3N3O2. The molecule has 0 bridgehead atoms. The SMILES string of the molecule is FC(F)(F)Oc1ccc(-c2nc(-c3ccc4[nH]c5c(c4c3)CCC5)no2)c(Cl)c1. The van der Waals surface area contributed by atoms with Crippen LogP contribution < -0.4 is 4.74 Å². The number of H-pyrrole nitrogens is 1. The van der Waals surface area contributed by atoms with Crippen LogP contribution in [0, 0.1) is 0 Å². The van der Waals surface area contributed by atoms with Crippen LogP contribution in [0.5, 0.6) is 5.75 Å². The fraction of sp³-hybridized carbons (Fsp3) is 0.200. The Morgan fingerprint density at radius 3 is 2.76 bits per heavy atom. The number of aromatic amines is 1. The summed E-state index contributed by atoms with van der Waals surface area (Å²) in [5, 5.41) is 5.17. The molecule has 0 aliphatic heterocycles. The van der Waals surface area contributed by atoms with Crippen molar-refractivity contribution in [1.82, 2.24) is 15.1 Å². The summed E-state index contributed by atoms with van der Waals surface area (Å²) in [5.41, 5.74) is 4.79. The third-order valence-electron chi connectivity index (χ3n) is 4.94. The Kier molecular flexibility index (Phi) is 4.06. The van der Waals surface area contributed by atoms with Gasteiger partial charge in [-0.3, -0.25) is 0 Å². The van der Waals surface area contributed by atoms with Gasteiger partial charge in [0.15, 0.2) is 0 Å². The molecule has 9 heteroatoms. The minimum absolute atomic E-state index is 0.0147. The van der Waals surface area contributed by atoms with Crippen LogP contribution in [-0.4, -0.2) is 21.5 Å². The van der Waals surface area contributed by atoms with Crippen LogP contribution >= 0.6 is 11.6 Å². The highest BCUT2D eigenvalue weighted by Crippen LogP contribution is 2.35. The van der Waals surface area contributed by atoms with Crippen molar-refractivity contribution in [1.29, 1.82) is 0 Å². The van der Waals surface area contributed by atoms with Crippen molar-refractivity contribution in [2.24, 2.45) is 0 Å². The average molecular weight is 420 g/mol. The molecule has 1 aliphatic rings. The third kappa shape index (κ3) is 3.33. The number of nitrogens with zero attached hydrogens (tertiary/aromatic N) is 2. The van der Waals surface area contributed by atoms with Crippen molar-refractivity contribution in [3.63, 3.8) is 0 Å². The third-order valence-corrected chi connectivity index (χ3v) is 5.25. The summed E-state index contributed by atoms with van der Waals surface area (Å²) in [6, 6.07) is 9.45. The average Bonchev–Trinajstić information content (AvgIpc) is 3.36. The van der Waals surface area contributed by atoms with E-state index >= 15 is 0 Å². The number of fused-ring (bicyclic) bond motifs is 3. The summed E-state index contributed by atoms with van der Waals surface area (Å²) in [6.07, 6.45) is -1.56. The normalized spacial score (nSPS) is 13.8. The molecule has 4 aromatic rings. The number of alkyl halides is 3. The Balaban J connectivity index is 1.47. The zero-order chi connectivity index (χ0) is 20.2. The van der Waals surface area contributed by atoms with E-state index in [0.717, 1.165) is 47.9 Å². The zero-order valence-electron chi connectivity index (χ0n) is 14.8. The van der Waals surface area contributed by atoms with Gasteiger partial charge in [0, 0.05) is 22.2 Å². The van der Waals surface area contributed by atoms with Gasteiger partial charge in [-0.15, -0.1) is 13.2 Å². The first-order valence-corrected chi connectivity index (χ1v) is 9.28. The number of aromatic nitrogens is 3. The van der Waals surface area contributed by atoms with Crippen molar-refractivity contribution in [3.8, 4) is 28.6 Å². The number of aryl methyl sites for hydroxylation is 2. The topological polar surface area (TPSA) is 63.9 Å². The Labute approximate surface area is 167 Å². The maximum absolute atomic E-state index is 12.3. The lowest BCUT2D eigenvalue weighted by molar-refractivity contribution is -0.274. The Hall–Kier alpha value is -3.00. The van der Waals surface area contributed by atoms with Gasteiger partial charge in [0.25, 0.3) is 5.89 Å². The summed E-state index contributed by atoms with van der Waals surface area (Å²) in [6.45, 7) is 0. The van der Waals surface area contributed by atoms with E-state index in [0.29, 0.717) is 11.4 Å². The predicted octanol–water partition coefficient (Wildman–Crippen LogP) is 5.93. The molecule has 0 unspecified atom stereocenters. The van der Waals surface area contributed by atoms with E-state index in [1.54, 1.807) is 0 Å². The highest BCUT2D eigenvalue weighted by Gasteiger charge is 2.31. The number of hydrogen-bond acceptors (Lipinski definition) is 4. The molecule has 148 valence electrons. The second kappa shape index (κ2) is 6.52. The van der Waals surface area contributed by atoms with E-state index in [9.17, 15) is 13.2 Å². The molecular weight excluding hydrogens is 407 g/mol. The summed E-state index contributed by atoms with van der Waals surface area (Å²) in [7, 11) is 0. The van der Waals surface area contributed by atoms with E-state index in [1.807, 2.05) is 18.2 Å². The van der Waals surface area contributed by atoms with Crippen LogP contribution in [0.1, 0.15) is 17.7 Å². The van der Waals surface area contributed by atoms with Gasteiger partial charge in [-0.25, -0.2) is 0 Å². The van der Waals surface area contributed by atoms with Gasteiger partial charge in [-0.2, -0.15) is 4.98 Å². The molecule has 5 rings (SSSR count). The number of halogens is 4. The number of rotatable bonds is 3.